The maximum Gasteiger partial charge on any atom is 0.220 e. The van der Waals surface area contributed by atoms with Gasteiger partial charge in [-0.25, -0.2) is 4.39 Å². The van der Waals surface area contributed by atoms with Gasteiger partial charge in [-0.1, -0.05) is 36.8 Å². The van der Waals surface area contributed by atoms with Crippen LogP contribution in [0, 0.1) is 5.82 Å². The Morgan fingerprint density at radius 2 is 2.25 bits per heavy atom. The van der Waals surface area contributed by atoms with Gasteiger partial charge in [0.2, 0.25) is 5.91 Å². The number of carbonyl (C=O) groups is 1. The predicted molar refractivity (Wildman–Crippen MR) is 78.0 cm³/mol. The van der Waals surface area contributed by atoms with Gasteiger partial charge >= 0.3 is 0 Å². The van der Waals surface area contributed by atoms with E-state index in [1.54, 1.807) is 18.2 Å². The standard InChI is InChI=1S/C16H21FN2O/c1-12(14-4-2-3-5-15(14)17)10-16(20)19-11-13-6-8-18-9-7-13/h2-6,12,18H,7-11H2,1H3,(H,19,20). The van der Waals surface area contributed by atoms with Crippen LogP contribution in [-0.2, 0) is 4.79 Å². The predicted octanol–water partition coefficient (Wildman–Crippen LogP) is 2.36. The average Bonchev–Trinajstić information content (AvgIpc) is 2.46. The fourth-order valence-corrected chi connectivity index (χ4v) is 2.38. The van der Waals surface area contributed by atoms with Crippen molar-refractivity contribution in [3.63, 3.8) is 0 Å². The molecular weight excluding hydrogens is 255 g/mol. The molecule has 0 fully saturated rings. The van der Waals surface area contributed by atoms with Crippen LogP contribution in [0.4, 0.5) is 4.39 Å². The fourth-order valence-electron chi connectivity index (χ4n) is 2.38. The molecule has 1 aromatic rings. The van der Waals surface area contributed by atoms with Crippen LogP contribution in [0.3, 0.4) is 0 Å². The third kappa shape index (κ3) is 4.17. The van der Waals surface area contributed by atoms with Gasteiger partial charge in [-0.15, -0.1) is 0 Å². The molecule has 0 spiro atoms. The summed E-state index contributed by atoms with van der Waals surface area (Å²) < 4.78 is 13.6. The van der Waals surface area contributed by atoms with Crippen molar-refractivity contribution in [2.45, 2.75) is 25.7 Å². The molecule has 1 heterocycles. The lowest BCUT2D eigenvalue weighted by Crippen LogP contribution is -2.30. The highest BCUT2D eigenvalue weighted by atomic mass is 19.1. The maximum atomic E-state index is 13.6. The number of amides is 1. The quantitative estimate of drug-likeness (QED) is 0.811. The Hall–Kier alpha value is -1.68. The molecule has 1 atom stereocenters. The summed E-state index contributed by atoms with van der Waals surface area (Å²) in [5.41, 5.74) is 1.86. The SMILES string of the molecule is CC(CC(=O)NCC1=CCNCC1)c1ccccc1F. The van der Waals surface area contributed by atoms with Crippen LogP contribution in [0.5, 0.6) is 0 Å². The number of rotatable bonds is 5. The molecule has 0 aliphatic carbocycles. The van der Waals surface area contributed by atoms with E-state index < -0.39 is 0 Å². The zero-order valence-corrected chi connectivity index (χ0v) is 11.8. The first kappa shape index (κ1) is 14.7. The molecule has 3 nitrogen and oxygen atoms in total. The van der Waals surface area contributed by atoms with Gasteiger partial charge in [0.15, 0.2) is 0 Å². The summed E-state index contributed by atoms with van der Waals surface area (Å²) >= 11 is 0. The summed E-state index contributed by atoms with van der Waals surface area (Å²) in [6.45, 7) is 4.32. The Morgan fingerprint density at radius 1 is 1.45 bits per heavy atom. The highest BCUT2D eigenvalue weighted by Crippen LogP contribution is 2.21. The van der Waals surface area contributed by atoms with Crippen molar-refractivity contribution in [2.75, 3.05) is 19.6 Å². The molecule has 4 heteroatoms. The van der Waals surface area contributed by atoms with Gasteiger partial charge < -0.3 is 10.6 Å². The van der Waals surface area contributed by atoms with Crippen LogP contribution >= 0.6 is 0 Å². The number of halogens is 1. The van der Waals surface area contributed by atoms with E-state index in [1.165, 1.54) is 11.6 Å². The van der Waals surface area contributed by atoms with Crippen LogP contribution in [0.2, 0.25) is 0 Å². The first-order valence-corrected chi connectivity index (χ1v) is 7.06. The van der Waals surface area contributed by atoms with Gasteiger partial charge in [-0.05, 0) is 30.5 Å². The second-order valence-electron chi connectivity index (χ2n) is 5.22. The molecule has 1 unspecified atom stereocenters. The summed E-state index contributed by atoms with van der Waals surface area (Å²) in [6.07, 6.45) is 3.40. The highest BCUT2D eigenvalue weighted by molar-refractivity contribution is 5.77. The van der Waals surface area contributed by atoms with Crippen LogP contribution in [-0.4, -0.2) is 25.5 Å². The minimum atomic E-state index is -0.242. The second kappa shape index (κ2) is 7.20. The molecule has 0 radical (unpaired) electrons. The van der Waals surface area contributed by atoms with E-state index >= 15 is 0 Å². The monoisotopic (exact) mass is 276 g/mol. The van der Waals surface area contributed by atoms with Crippen LogP contribution in [0.1, 0.15) is 31.2 Å². The zero-order chi connectivity index (χ0) is 14.4. The summed E-state index contributed by atoms with van der Waals surface area (Å²) in [5, 5.41) is 6.15. The van der Waals surface area contributed by atoms with Crippen molar-refractivity contribution in [3.05, 3.63) is 47.3 Å². The molecule has 20 heavy (non-hydrogen) atoms. The van der Waals surface area contributed by atoms with Crippen LogP contribution in [0.25, 0.3) is 0 Å². The zero-order valence-electron chi connectivity index (χ0n) is 11.8. The van der Waals surface area contributed by atoms with E-state index in [0.29, 0.717) is 18.5 Å². The van der Waals surface area contributed by atoms with Crippen LogP contribution in [0.15, 0.2) is 35.9 Å². The minimum Gasteiger partial charge on any atom is -0.352 e. The smallest absolute Gasteiger partial charge is 0.220 e. The van der Waals surface area contributed by atoms with Crippen molar-refractivity contribution in [3.8, 4) is 0 Å². The van der Waals surface area contributed by atoms with E-state index in [-0.39, 0.29) is 17.6 Å². The van der Waals surface area contributed by atoms with Gasteiger partial charge in [0.05, 0.1) is 0 Å². The third-order valence-corrected chi connectivity index (χ3v) is 3.60. The van der Waals surface area contributed by atoms with E-state index in [1.807, 2.05) is 6.92 Å². The summed E-state index contributed by atoms with van der Waals surface area (Å²) in [5.74, 6) is -0.382. The molecule has 0 saturated carbocycles. The van der Waals surface area contributed by atoms with Crippen molar-refractivity contribution in [2.24, 2.45) is 0 Å². The number of hydrogen-bond acceptors (Lipinski definition) is 2. The largest absolute Gasteiger partial charge is 0.352 e. The topological polar surface area (TPSA) is 41.1 Å². The molecule has 0 aromatic heterocycles. The lowest BCUT2D eigenvalue weighted by Gasteiger charge is -2.16. The lowest BCUT2D eigenvalue weighted by molar-refractivity contribution is -0.121. The van der Waals surface area contributed by atoms with Crippen molar-refractivity contribution < 1.29 is 9.18 Å². The first-order chi connectivity index (χ1) is 9.66. The van der Waals surface area contributed by atoms with Crippen molar-refractivity contribution in [1.29, 1.82) is 0 Å². The molecule has 1 amide bonds. The molecular formula is C16H21FN2O. The highest BCUT2D eigenvalue weighted by Gasteiger charge is 2.14. The molecule has 1 aliphatic rings. The van der Waals surface area contributed by atoms with Gasteiger partial charge in [0.25, 0.3) is 0 Å². The number of carbonyl (C=O) groups excluding carboxylic acids is 1. The first-order valence-electron chi connectivity index (χ1n) is 7.06. The van der Waals surface area contributed by atoms with Gasteiger partial charge in [0.1, 0.15) is 5.82 Å². The average molecular weight is 276 g/mol. The van der Waals surface area contributed by atoms with Crippen molar-refractivity contribution >= 4 is 5.91 Å². The maximum absolute atomic E-state index is 13.6. The molecule has 2 rings (SSSR count). The van der Waals surface area contributed by atoms with E-state index in [0.717, 1.165) is 19.5 Å². The molecule has 1 aliphatic heterocycles. The summed E-state index contributed by atoms with van der Waals surface area (Å²) in [7, 11) is 0. The Morgan fingerprint density at radius 3 is 2.95 bits per heavy atom. The third-order valence-electron chi connectivity index (χ3n) is 3.60. The second-order valence-corrected chi connectivity index (χ2v) is 5.22. The van der Waals surface area contributed by atoms with E-state index in [4.69, 9.17) is 0 Å². The normalized spacial score (nSPS) is 16.4. The van der Waals surface area contributed by atoms with Gasteiger partial charge in [0, 0.05) is 19.5 Å². The Bertz CT molecular complexity index is 499. The van der Waals surface area contributed by atoms with Crippen molar-refractivity contribution in [1.82, 2.24) is 10.6 Å². The molecule has 0 bridgehead atoms. The summed E-state index contributed by atoms with van der Waals surface area (Å²) in [6, 6.07) is 6.63. The number of benzene rings is 1. The minimum absolute atomic E-state index is 0.0276. The molecule has 2 N–H and O–H groups in total. The summed E-state index contributed by atoms with van der Waals surface area (Å²) in [4.78, 5) is 11.9. The van der Waals surface area contributed by atoms with Crippen LogP contribution < -0.4 is 10.6 Å². The number of nitrogens with one attached hydrogen (secondary N) is 2. The molecule has 1 aromatic carbocycles. The Kier molecular flexibility index (Phi) is 5.30. The van der Waals surface area contributed by atoms with E-state index in [9.17, 15) is 9.18 Å². The molecule has 108 valence electrons. The molecule has 0 saturated heterocycles. The lowest BCUT2D eigenvalue weighted by atomic mass is 9.97. The van der Waals surface area contributed by atoms with E-state index in [2.05, 4.69) is 16.7 Å². The van der Waals surface area contributed by atoms with Gasteiger partial charge in [-0.3, -0.25) is 4.79 Å². The fraction of sp³-hybridized carbons (Fsp3) is 0.438. The Labute approximate surface area is 119 Å². The number of hydrogen-bond donors (Lipinski definition) is 2. The van der Waals surface area contributed by atoms with Gasteiger partial charge in [-0.2, -0.15) is 0 Å². The Balaban J connectivity index is 1.82.